The third kappa shape index (κ3) is 6.12. The largest absolute Gasteiger partial charge is 0.448 e. The van der Waals surface area contributed by atoms with Crippen molar-refractivity contribution in [2.24, 2.45) is 0 Å². The Labute approximate surface area is 182 Å². The third-order valence-corrected chi connectivity index (χ3v) is 5.02. The lowest BCUT2D eigenvalue weighted by molar-refractivity contribution is -0.147. The number of aryl methyl sites for hydroxylation is 2. The number of Topliss-reactive ketones (excluding diaryl/α,β-unsaturated/α-hetero) is 1. The first-order chi connectivity index (χ1) is 14.9. The van der Waals surface area contributed by atoms with Crippen molar-refractivity contribution in [3.63, 3.8) is 0 Å². The molecule has 3 aromatic rings. The predicted octanol–water partition coefficient (Wildman–Crippen LogP) is 4.13. The molecule has 0 saturated carbocycles. The smallest absolute Gasteiger partial charge is 0.326 e. The summed E-state index contributed by atoms with van der Waals surface area (Å²) in [5.41, 5.74) is 3.95. The molecule has 5 nitrogen and oxygen atoms in total. The van der Waals surface area contributed by atoms with Gasteiger partial charge >= 0.3 is 5.97 Å². The van der Waals surface area contributed by atoms with Crippen molar-refractivity contribution in [2.75, 3.05) is 6.54 Å². The van der Waals surface area contributed by atoms with Crippen LogP contribution >= 0.6 is 0 Å². The predicted molar refractivity (Wildman–Crippen MR) is 119 cm³/mol. The number of carbonyl (C=O) groups is 3. The Bertz CT molecular complexity index is 1060. The lowest BCUT2D eigenvalue weighted by Crippen LogP contribution is -2.33. The number of carbonyl (C=O) groups excluding carboxylic acids is 3. The molecule has 3 aromatic carbocycles. The fourth-order valence-corrected chi connectivity index (χ4v) is 3.13. The lowest BCUT2D eigenvalue weighted by Gasteiger charge is -2.18. The van der Waals surface area contributed by atoms with Crippen LogP contribution in [0, 0.1) is 13.8 Å². The van der Waals surface area contributed by atoms with Gasteiger partial charge in [-0.3, -0.25) is 14.4 Å². The van der Waals surface area contributed by atoms with Crippen molar-refractivity contribution in [1.29, 1.82) is 0 Å². The topological polar surface area (TPSA) is 72.5 Å². The summed E-state index contributed by atoms with van der Waals surface area (Å²) in [4.78, 5) is 37.7. The van der Waals surface area contributed by atoms with Gasteiger partial charge < -0.3 is 10.1 Å². The molecule has 0 aliphatic carbocycles. The minimum absolute atomic E-state index is 0.164. The second-order valence-electron chi connectivity index (χ2n) is 7.38. The van der Waals surface area contributed by atoms with E-state index < -0.39 is 12.1 Å². The second kappa shape index (κ2) is 10.3. The minimum atomic E-state index is -1.08. The molecule has 0 spiro atoms. The molecule has 3 rings (SSSR count). The van der Waals surface area contributed by atoms with Crippen LogP contribution in [0.3, 0.4) is 0 Å². The Balaban J connectivity index is 1.68. The number of esters is 1. The van der Waals surface area contributed by atoms with Gasteiger partial charge in [0, 0.05) is 11.1 Å². The summed E-state index contributed by atoms with van der Waals surface area (Å²) in [7, 11) is 0. The molecule has 0 aliphatic rings. The number of benzene rings is 3. The van der Waals surface area contributed by atoms with Gasteiger partial charge in [0.25, 0.3) is 0 Å². The maximum absolute atomic E-state index is 13.2. The highest BCUT2D eigenvalue weighted by Crippen LogP contribution is 2.24. The van der Waals surface area contributed by atoms with E-state index in [1.54, 1.807) is 36.4 Å². The molecule has 0 aliphatic heterocycles. The highest BCUT2D eigenvalue weighted by molar-refractivity contribution is 6.01. The van der Waals surface area contributed by atoms with Crippen molar-refractivity contribution < 1.29 is 19.1 Å². The average Bonchev–Trinajstić information content (AvgIpc) is 2.79. The van der Waals surface area contributed by atoms with E-state index in [0.717, 1.165) is 16.7 Å². The molecule has 0 bridgehead atoms. The number of amides is 1. The number of rotatable bonds is 8. The van der Waals surface area contributed by atoms with Gasteiger partial charge in [-0.1, -0.05) is 72.8 Å². The summed E-state index contributed by atoms with van der Waals surface area (Å²) >= 11 is 0. The van der Waals surface area contributed by atoms with Crippen LogP contribution in [0.2, 0.25) is 0 Å². The van der Waals surface area contributed by atoms with Crippen molar-refractivity contribution in [2.45, 2.75) is 26.4 Å². The first kappa shape index (κ1) is 22.0. The number of ether oxygens (including phenoxy) is 1. The van der Waals surface area contributed by atoms with Crippen LogP contribution in [-0.2, 0) is 20.7 Å². The number of hydrogen-bond donors (Lipinski definition) is 1. The second-order valence-corrected chi connectivity index (χ2v) is 7.38. The maximum atomic E-state index is 13.2. The SMILES string of the molecule is Cc1ccc(C(=O)C(OC(=O)CNC(=O)Cc2ccccc2)c2ccccc2)cc1C. The van der Waals surface area contributed by atoms with E-state index in [0.29, 0.717) is 11.1 Å². The Morgan fingerprint density at radius 3 is 2.13 bits per heavy atom. The Kier molecular flexibility index (Phi) is 7.33. The molecule has 0 aromatic heterocycles. The van der Waals surface area contributed by atoms with Gasteiger partial charge in [-0.2, -0.15) is 0 Å². The fourth-order valence-electron chi connectivity index (χ4n) is 3.13. The molecule has 5 heteroatoms. The van der Waals surface area contributed by atoms with Crippen LogP contribution in [0.4, 0.5) is 0 Å². The molecule has 0 fully saturated rings. The van der Waals surface area contributed by atoms with E-state index in [-0.39, 0.29) is 24.7 Å². The molecule has 158 valence electrons. The number of hydrogen-bond acceptors (Lipinski definition) is 4. The molecule has 1 unspecified atom stereocenters. The molecule has 1 amide bonds. The average molecular weight is 415 g/mol. The standard InChI is InChI=1S/C26H25NO4/c1-18-13-14-22(15-19(18)2)25(30)26(21-11-7-4-8-12-21)31-24(29)17-27-23(28)16-20-9-5-3-6-10-20/h3-15,26H,16-17H2,1-2H3,(H,27,28). The maximum Gasteiger partial charge on any atom is 0.326 e. The normalized spacial score (nSPS) is 11.4. The summed E-state index contributed by atoms with van der Waals surface area (Å²) in [5, 5.41) is 2.56. The van der Waals surface area contributed by atoms with Crippen molar-refractivity contribution >= 4 is 17.7 Å². The zero-order valence-corrected chi connectivity index (χ0v) is 17.6. The van der Waals surface area contributed by atoms with Gasteiger partial charge in [0.2, 0.25) is 11.7 Å². The van der Waals surface area contributed by atoms with Crippen molar-refractivity contribution in [3.8, 4) is 0 Å². The van der Waals surface area contributed by atoms with Crippen LogP contribution in [0.5, 0.6) is 0 Å². The third-order valence-electron chi connectivity index (χ3n) is 5.02. The van der Waals surface area contributed by atoms with E-state index >= 15 is 0 Å². The Morgan fingerprint density at radius 1 is 0.839 bits per heavy atom. The number of ketones is 1. The summed E-state index contributed by atoms with van der Waals surface area (Å²) in [5.74, 6) is -1.27. The Hall–Kier alpha value is -3.73. The first-order valence-corrected chi connectivity index (χ1v) is 10.1. The van der Waals surface area contributed by atoms with Gasteiger partial charge in [-0.15, -0.1) is 0 Å². The molecule has 31 heavy (non-hydrogen) atoms. The molecular weight excluding hydrogens is 390 g/mol. The van der Waals surface area contributed by atoms with Gasteiger partial charge in [0.15, 0.2) is 6.10 Å². The zero-order chi connectivity index (χ0) is 22.2. The van der Waals surface area contributed by atoms with E-state index in [4.69, 9.17) is 4.74 Å². The highest BCUT2D eigenvalue weighted by atomic mass is 16.5. The van der Waals surface area contributed by atoms with Crippen LogP contribution in [0.25, 0.3) is 0 Å². The van der Waals surface area contributed by atoms with Gasteiger partial charge in [-0.05, 0) is 36.6 Å². The van der Waals surface area contributed by atoms with Crippen LogP contribution < -0.4 is 5.32 Å². The first-order valence-electron chi connectivity index (χ1n) is 10.1. The van der Waals surface area contributed by atoms with Gasteiger partial charge in [-0.25, -0.2) is 0 Å². The van der Waals surface area contributed by atoms with Gasteiger partial charge in [0.05, 0.1) is 6.42 Å². The molecular formula is C26H25NO4. The highest BCUT2D eigenvalue weighted by Gasteiger charge is 2.26. The molecule has 0 saturated heterocycles. The number of nitrogens with one attached hydrogen (secondary N) is 1. The van der Waals surface area contributed by atoms with Crippen LogP contribution in [-0.4, -0.2) is 24.2 Å². The zero-order valence-electron chi connectivity index (χ0n) is 17.6. The molecule has 0 radical (unpaired) electrons. The minimum Gasteiger partial charge on any atom is -0.448 e. The van der Waals surface area contributed by atoms with Crippen molar-refractivity contribution in [3.05, 3.63) is 107 Å². The van der Waals surface area contributed by atoms with Crippen LogP contribution in [0.15, 0.2) is 78.9 Å². The van der Waals surface area contributed by atoms with E-state index in [1.165, 1.54) is 0 Å². The molecule has 0 heterocycles. The fraction of sp³-hybridized carbons (Fsp3) is 0.192. The van der Waals surface area contributed by atoms with E-state index in [9.17, 15) is 14.4 Å². The Morgan fingerprint density at radius 2 is 1.48 bits per heavy atom. The van der Waals surface area contributed by atoms with Gasteiger partial charge in [0.1, 0.15) is 6.54 Å². The summed E-state index contributed by atoms with van der Waals surface area (Å²) in [6.07, 6.45) is -0.917. The monoisotopic (exact) mass is 415 g/mol. The molecule has 1 N–H and O–H groups in total. The molecule has 1 atom stereocenters. The van der Waals surface area contributed by atoms with E-state index in [1.807, 2.05) is 56.3 Å². The summed E-state index contributed by atoms with van der Waals surface area (Å²) in [6, 6.07) is 23.5. The van der Waals surface area contributed by atoms with E-state index in [2.05, 4.69) is 5.32 Å². The summed E-state index contributed by atoms with van der Waals surface area (Å²) in [6.45, 7) is 3.59. The summed E-state index contributed by atoms with van der Waals surface area (Å²) < 4.78 is 5.52. The van der Waals surface area contributed by atoms with Crippen LogP contribution in [0.1, 0.15) is 38.7 Å². The lowest BCUT2D eigenvalue weighted by atomic mass is 9.97. The van der Waals surface area contributed by atoms with Crippen molar-refractivity contribution in [1.82, 2.24) is 5.32 Å². The quantitative estimate of drug-likeness (QED) is 0.444.